The van der Waals surface area contributed by atoms with Crippen molar-refractivity contribution < 1.29 is 13.6 Å². The topological polar surface area (TPSA) is 55.4 Å². The number of carbonyl (C=O) groups is 1. The van der Waals surface area contributed by atoms with Crippen molar-refractivity contribution in [1.82, 2.24) is 5.32 Å². The molecule has 0 radical (unpaired) electrons. The van der Waals surface area contributed by atoms with Gasteiger partial charge < -0.3 is 14.2 Å². The molecule has 3 heterocycles. The van der Waals surface area contributed by atoms with Crippen molar-refractivity contribution in [3.8, 4) is 11.5 Å². The van der Waals surface area contributed by atoms with Crippen molar-refractivity contribution in [2.75, 3.05) is 0 Å². The third-order valence-electron chi connectivity index (χ3n) is 2.63. The first-order chi connectivity index (χ1) is 9.33. The highest BCUT2D eigenvalue weighted by atomic mass is 32.1. The number of nitrogens with one attached hydrogen (secondary N) is 1. The third-order valence-corrected chi connectivity index (χ3v) is 3.32. The Hall–Kier alpha value is -2.27. The number of hydrogen-bond acceptors (Lipinski definition) is 4. The molecule has 3 aromatic rings. The third kappa shape index (κ3) is 2.61. The molecular weight excluding hydrogens is 262 g/mol. The van der Waals surface area contributed by atoms with Crippen LogP contribution < -0.4 is 5.32 Å². The van der Waals surface area contributed by atoms with E-state index in [-0.39, 0.29) is 5.91 Å². The molecule has 0 fully saturated rings. The van der Waals surface area contributed by atoms with Gasteiger partial charge in [-0.25, -0.2) is 0 Å². The molecule has 0 saturated carbocycles. The van der Waals surface area contributed by atoms with Crippen molar-refractivity contribution in [1.29, 1.82) is 0 Å². The number of amides is 1. The summed E-state index contributed by atoms with van der Waals surface area (Å²) < 4.78 is 10.8. The SMILES string of the molecule is O=C(NCc1ccc(-c2ccco2)o1)c1ccsc1. The number of thiophene rings is 1. The van der Waals surface area contributed by atoms with Gasteiger partial charge >= 0.3 is 0 Å². The normalized spacial score (nSPS) is 10.5. The molecule has 0 bridgehead atoms. The van der Waals surface area contributed by atoms with Crippen LogP contribution >= 0.6 is 11.3 Å². The molecule has 0 atom stereocenters. The molecule has 96 valence electrons. The standard InChI is InChI=1S/C14H11NO3S/c16-14(10-5-7-19-9-10)15-8-11-3-4-13(18-11)12-2-1-6-17-12/h1-7,9H,8H2,(H,15,16). The first-order valence-electron chi connectivity index (χ1n) is 5.76. The van der Waals surface area contributed by atoms with Crippen molar-refractivity contribution in [3.63, 3.8) is 0 Å². The first-order valence-corrected chi connectivity index (χ1v) is 6.70. The fourth-order valence-corrected chi connectivity index (χ4v) is 2.32. The van der Waals surface area contributed by atoms with E-state index in [0.29, 0.717) is 29.4 Å². The first kappa shape index (κ1) is 11.8. The predicted molar refractivity (Wildman–Crippen MR) is 71.9 cm³/mol. The fourth-order valence-electron chi connectivity index (χ4n) is 1.69. The van der Waals surface area contributed by atoms with E-state index in [1.807, 2.05) is 29.0 Å². The molecule has 3 rings (SSSR count). The molecule has 0 aliphatic rings. The summed E-state index contributed by atoms with van der Waals surface area (Å²) in [6.07, 6.45) is 1.59. The van der Waals surface area contributed by atoms with Gasteiger partial charge in [0, 0.05) is 10.9 Å². The Morgan fingerprint density at radius 2 is 2.16 bits per heavy atom. The van der Waals surface area contributed by atoms with Gasteiger partial charge in [0.2, 0.25) is 0 Å². The Morgan fingerprint density at radius 1 is 1.21 bits per heavy atom. The highest BCUT2D eigenvalue weighted by molar-refractivity contribution is 7.08. The summed E-state index contributed by atoms with van der Waals surface area (Å²) in [5.74, 6) is 1.92. The van der Waals surface area contributed by atoms with Crippen molar-refractivity contribution in [3.05, 3.63) is 58.7 Å². The predicted octanol–water partition coefficient (Wildman–Crippen LogP) is 3.53. The maximum atomic E-state index is 11.7. The largest absolute Gasteiger partial charge is 0.461 e. The number of carbonyl (C=O) groups excluding carboxylic acids is 1. The molecule has 0 saturated heterocycles. The smallest absolute Gasteiger partial charge is 0.252 e. The van der Waals surface area contributed by atoms with E-state index in [1.54, 1.807) is 18.4 Å². The Morgan fingerprint density at radius 3 is 2.89 bits per heavy atom. The molecule has 3 aromatic heterocycles. The lowest BCUT2D eigenvalue weighted by atomic mass is 10.3. The molecule has 4 nitrogen and oxygen atoms in total. The zero-order chi connectivity index (χ0) is 13.1. The van der Waals surface area contributed by atoms with Crippen LogP contribution in [0.25, 0.3) is 11.5 Å². The summed E-state index contributed by atoms with van der Waals surface area (Å²) in [7, 11) is 0. The average Bonchev–Trinajstić information content (AvgIpc) is 3.14. The second kappa shape index (κ2) is 5.16. The number of furan rings is 2. The van der Waals surface area contributed by atoms with Crippen LogP contribution in [0.1, 0.15) is 16.1 Å². The molecule has 1 N–H and O–H groups in total. The van der Waals surface area contributed by atoms with Gasteiger partial charge in [0.25, 0.3) is 5.91 Å². The Bertz CT molecular complexity index is 653. The Labute approximate surface area is 113 Å². The highest BCUT2D eigenvalue weighted by Crippen LogP contribution is 2.22. The van der Waals surface area contributed by atoms with Crippen LogP contribution in [0.5, 0.6) is 0 Å². The highest BCUT2D eigenvalue weighted by Gasteiger charge is 2.09. The van der Waals surface area contributed by atoms with Crippen LogP contribution in [0, 0.1) is 0 Å². The summed E-state index contributed by atoms with van der Waals surface area (Å²) >= 11 is 1.50. The number of rotatable bonds is 4. The Balaban J connectivity index is 1.63. The summed E-state index contributed by atoms with van der Waals surface area (Å²) in [6.45, 7) is 0.357. The molecule has 0 aliphatic carbocycles. The van der Waals surface area contributed by atoms with Crippen LogP contribution in [0.15, 0.2) is 56.2 Å². The zero-order valence-electron chi connectivity index (χ0n) is 9.96. The zero-order valence-corrected chi connectivity index (χ0v) is 10.8. The van der Waals surface area contributed by atoms with E-state index < -0.39 is 0 Å². The van der Waals surface area contributed by atoms with E-state index in [4.69, 9.17) is 8.83 Å². The maximum Gasteiger partial charge on any atom is 0.252 e. The quantitative estimate of drug-likeness (QED) is 0.791. The summed E-state index contributed by atoms with van der Waals surface area (Å²) in [4.78, 5) is 11.7. The molecule has 0 spiro atoms. The van der Waals surface area contributed by atoms with E-state index in [0.717, 1.165) is 0 Å². The summed E-state index contributed by atoms with van der Waals surface area (Å²) in [5.41, 5.74) is 0.669. The number of hydrogen-bond donors (Lipinski definition) is 1. The molecular formula is C14H11NO3S. The molecule has 0 unspecified atom stereocenters. The molecule has 5 heteroatoms. The maximum absolute atomic E-state index is 11.7. The fraction of sp³-hybridized carbons (Fsp3) is 0.0714. The van der Waals surface area contributed by atoms with E-state index in [2.05, 4.69) is 5.32 Å². The summed E-state index contributed by atoms with van der Waals surface area (Å²) in [6, 6.07) is 9.06. The van der Waals surface area contributed by atoms with Gasteiger partial charge in [-0.3, -0.25) is 4.79 Å². The van der Waals surface area contributed by atoms with Crippen LogP contribution in [-0.4, -0.2) is 5.91 Å². The lowest BCUT2D eigenvalue weighted by Gasteiger charge is -2.00. The molecule has 0 aromatic carbocycles. The lowest BCUT2D eigenvalue weighted by Crippen LogP contribution is -2.21. The van der Waals surface area contributed by atoms with Crippen molar-refractivity contribution >= 4 is 17.2 Å². The molecule has 1 amide bonds. The van der Waals surface area contributed by atoms with E-state index >= 15 is 0 Å². The minimum absolute atomic E-state index is 0.0998. The molecule has 19 heavy (non-hydrogen) atoms. The second-order valence-electron chi connectivity index (χ2n) is 3.94. The molecule has 0 aliphatic heterocycles. The van der Waals surface area contributed by atoms with E-state index in [9.17, 15) is 4.79 Å². The van der Waals surface area contributed by atoms with Crippen molar-refractivity contribution in [2.24, 2.45) is 0 Å². The van der Waals surface area contributed by atoms with Gasteiger partial charge in [0.05, 0.1) is 12.8 Å². The van der Waals surface area contributed by atoms with E-state index in [1.165, 1.54) is 11.3 Å². The van der Waals surface area contributed by atoms with Crippen molar-refractivity contribution in [2.45, 2.75) is 6.54 Å². The monoisotopic (exact) mass is 273 g/mol. The van der Waals surface area contributed by atoms with Gasteiger partial charge in [-0.15, -0.1) is 0 Å². The minimum Gasteiger partial charge on any atom is -0.461 e. The van der Waals surface area contributed by atoms with Gasteiger partial charge in [-0.2, -0.15) is 11.3 Å². The van der Waals surface area contributed by atoms with Gasteiger partial charge in [-0.05, 0) is 35.7 Å². The summed E-state index contributed by atoms with van der Waals surface area (Å²) in [5, 5.41) is 6.49. The van der Waals surface area contributed by atoms with Gasteiger partial charge in [-0.1, -0.05) is 0 Å². The van der Waals surface area contributed by atoms with Crippen LogP contribution in [0.3, 0.4) is 0 Å². The van der Waals surface area contributed by atoms with Crippen LogP contribution in [0.2, 0.25) is 0 Å². The van der Waals surface area contributed by atoms with Crippen LogP contribution in [0.4, 0.5) is 0 Å². The lowest BCUT2D eigenvalue weighted by molar-refractivity contribution is 0.0948. The average molecular weight is 273 g/mol. The second-order valence-corrected chi connectivity index (χ2v) is 4.72. The minimum atomic E-state index is -0.0998. The Kier molecular flexibility index (Phi) is 3.20. The van der Waals surface area contributed by atoms with Crippen LogP contribution in [-0.2, 0) is 6.54 Å². The van der Waals surface area contributed by atoms with Gasteiger partial charge in [0.15, 0.2) is 11.5 Å². The van der Waals surface area contributed by atoms with Gasteiger partial charge in [0.1, 0.15) is 5.76 Å².